The molecule has 0 bridgehead atoms. The molecule has 3 unspecified atom stereocenters. The minimum atomic E-state index is -2.49. The predicted molar refractivity (Wildman–Crippen MR) is 84.0 cm³/mol. The number of ether oxygens (including phenoxy) is 3. The van der Waals surface area contributed by atoms with Gasteiger partial charge in [-0.3, -0.25) is 4.18 Å². The van der Waals surface area contributed by atoms with Crippen molar-refractivity contribution in [2.75, 3.05) is 19.8 Å². The van der Waals surface area contributed by atoms with Gasteiger partial charge in [-0.05, 0) is 18.8 Å². The quantitative estimate of drug-likeness (QED) is 0.334. The summed E-state index contributed by atoms with van der Waals surface area (Å²) in [6, 6.07) is 0. The van der Waals surface area contributed by atoms with Gasteiger partial charge in [0.2, 0.25) is 0 Å². The van der Waals surface area contributed by atoms with Crippen molar-refractivity contribution >= 4 is 22.7 Å². The van der Waals surface area contributed by atoms with Gasteiger partial charge in [-0.2, -0.15) is 0 Å². The van der Waals surface area contributed by atoms with Crippen LogP contribution < -0.4 is 39.0 Å². The maximum absolute atomic E-state index is 10.7. The molecule has 0 saturated heterocycles. The minimum Gasteiger partial charge on any atom is -1.00 e. The number of thiophene rings is 1. The van der Waals surface area contributed by atoms with Gasteiger partial charge in [-0.15, -0.1) is 11.3 Å². The summed E-state index contributed by atoms with van der Waals surface area (Å²) in [7, 11) is 0. The minimum absolute atomic E-state index is 0. The zero-order valence-corrected chi connectivity index (χ0v) is 17.3. The van der Waals surface area contributed by atoms with Crippen LogP contribution in [0.25, 0.3) is 0 Å². The van der Waals surface area contributed by atoms with Crippen molar-refractivity contribution in [2.45, 2.75) is 38.9 Å². The first-order chi connectivity index (χ1) is 10.5. The average Bonchev–Trinajstić information content (AvgIpc) is 2.89. The summed E-state index contributed by atoms with van der Waals surface area (Å²) in [5.41, 5.74) is 0. The topological polar surface area (TPSA) is 77.0 Å². The zero-order valence-electron chi connectivity index (χ0n) is 14.7. The van der Waals surface area contributed by atoms with Gasteiger partial charge in [-0.1, -0.05) is 13.8 Å². The van der Waals surface area contributed by atoms with Crippen LogP contribution in [-0.2, 0) is 20.3 Å². The van der Waals surface area contributed by atoms with Crippen LogP contribution in [0.3, 0.4) is 0 Å². The maximum atomic E-state index is 10.7. The largest absolute Gasteiger partial charge is 1.00 e. The molecule has 1 aliphatic heterocycles. The summed E-state index contributed by atoms with van der Waals surface area (Å²) in [5.74, 6) is 1.90. The molecule has 0 radical (unpaired) electrons. The Morgan fingerprint density at radius 1 is 1.48 bits per heavy atom. The second kappa shape index (κ2) is 11.0. The summed E-state index contributed by atoms with van der Waals surface area (Å²) in [6.07, 6.45) is 0.729. The summed E-state index contributed by atoms with van der Waals surface area (Å²) in [6.45, 7) is 5.34. The van der Waals surface area contributed by atoms with E-state index in [2.05, 4.69) is 0 Å². The van der Waals surface area contributed by atoms with Gasteiger partial charge in [0.25, 0.3) is 0 Å². The first-order valence-electron chi connectivity index (χ1n) is 7.24. The maximum Gasteiger partial charge on any atom is 1.00 e. The average molecular weight is 373 g/mol. The van der Waals surface area contributed by atoms with Gasteiger partial charge in [-0.25, -0.2) is 4.21 Å². The van der Waals surface area contributed by atoms with Crippen molar-refractivity contribution in [2.24, 2.45) is 5.92 Å². The van der Waals surface area contributed by atoms with E-state index in [9.17, 15) is 8.76 Å². The van der Waals surface area contributed by atoms with Crippen LogP contribution in [0.5, 0.6) is 11.5 Å². The van der Waals surface area contributed by atoms with Crippen molar-refractivity contribution < 1.29 is 58.1 Å². The summed E-state index contributed by atoms with van der Waals surface area (Å²) in [4.78, 5) is 0. The summed E-state index contributed by atoms with van der Waals surface area (Å²) >= 11 is -0.956. The molecule has 1 aromatic rings. The molecule has 2 heterocycles. The van der Waals surface area contributed by atoms with Gasteiger partial charge in [0.15, 0.2) is 17.6 Å². The molecule has 0 amide bonds. The van der Waals surface area contributed by atoms with Crippen molar-refractivity contribution in [3.63, 3.8) is 0 Å². The molecule has 1 aromatic heterocycles. The normalized spacial score (nSPS) is 19.2. The third-order valence-corrected chi connectivity index (χ3v) is 4.28. The molecule has 0 spiro atoms. The third-order valence-electron chi connectivity index (χ3n) is 3.15. The Morgan fingerprint density at radius 3 is 2.91 bits per heavy atom. The molecule has 6 nitrogen and oxygen atoms in total. The van der Waals surface area contributed by atoms with Crippen LogP contribution in [0.1, 0.15) is 28.1 Å². The Bertz CT molecular complexity index is 488. The van der Waals surface area contributed by atoms with E-state index in [0.717, 1.165) is 11.5 Å². The van der Waals surface area contributed by atoms with Crippen LogP contribution in [0.2, 0.25) is 0 Å². The van der Waals surface area contributed by atoms with E-state index in [-0.39, 0.29) is 43.2 Å². The molecule has 1 aliphatic rings. The molecule has 9 heteroatoms. The van der Waals surface area contributed by atoms with Gasteiger partial charge in [0, 0.05) is 17.4 Å². The molecule has 0 fully saturated rings. The van der Waals surface area contributed by atoms with E-state index in [4.69, 9.17) is 18.4 Å². The zero-order chi connectivity index (χ0) is 15.9. The second-order valence-corrected chi connectivity index (χ2v) is 6.91. The van der Waals surface area contributed by atoms with Crippen LogP contribution >= 0.6 is 11.3 Å². The number of hydrogen-bond donors (Lipinski definition) is 0. The van der Waals surface area contributed by atoms with Crippen LogP contribution in [0.4, 0.5) is 0 Å². The SMILES string of the molecule is CC(C)CC(CCOCC1COc2cscc2O1)OS(=O)[O-].[H-].[Na+]. The van der Waals surface area contributed by atoms with Crippen molar-refractivity contribution in [1.29, 1.82) is 0 Å². The molecule has 23 heavy (non-hydrogen) atoms. The molecule has 0 aliphatic carbocycles. The van der Waals surface area contributed by atoms with E-state index in [1.165, 1.54) is 11.3 Å². The van der Waals surface area contributed by atoms with E-state index in [0.29, 0.717) is 38.6 Å². The molecule has 3 atom stereocenters. The van der Waals surface area contributed by atoms with Gasteiger partial charge < -0.3 is 20.2 Å². The van der Waals surface area contributed by atoms with Crippen LogP contribution in [-0.4, -0.2) is 40.8 Å². The first-order valence-corrected chi connectivity index (χ1v) is 9.18. The summed E-state index contributed by atoms with van der Waals surface area (Å²) in [5, 5.41) is 3.81. The standard InChI is InChI=1S/C14H22O6S2.Na.H/c1-10(2)5-11(20-22(15)16)3-4-17-6-12-7-18-13-8-21-9-14(13)19-12;;/h8-12H,3-7H2,1-2H3,(H,15,16);;/q;+1;-1/p-1. The molecule has 128 valence electrons. The van der Waals surface area contributed by atoms with Crippen molar-refractivity contribution in [3.05, 3.63) is 10.8 Å². The number of hydrogen-bond acceptors (Lipinski definition) is 7. The Morgan fingerprint density at radius 2 is 2.22 bits per heavy atom. The Kier molecular flexibility index (Phi) is 10.3. The van der Waals surface area contributed by atoms with Gasteiger partial charge in [0.1, 0.15) is 6.61 Å². The predicted octanol–water partition coefficient (Wildman–Crippen LogP) is -0.363. The second-order valence-electron chi connectivity index (χ2n) is 5.57. The number of fused-ring (bicyclic) bond motifs is 1. The van der Waals surface area contributed by atoms with E-state index in [1.54, 1.807) is 0 Å². The monoisotopic (exact) mass is 373 g/mol. The van der Waals surface area contributed by atoms with E-state index < -0.39 is 11.4 Å². The van der Waals surface area contributed by atoms with Crippen molar-refractivity contribution in [3.8, 4) is 11.5 Å². The van der Waals surface area contributed by atoms with Crippen LogP contribution in [0.15, 0.2) is 10.8 Å². The van der Waals surface area contributed by atoms with Gasteiger partial charge in [0.05, 0.1) is 24.1 Å². The van der Waals surface area contributed by atoms with E-state index in [1.807, 2.05) is 24.6 Å². The fourth-order valence-corrected chi connectivity index (χ4v) is 3.28. The fourth-order valence-electron chi connectivity index (χ4n) is 2.21. The first kappa shape index (κ1) is 21.4. The third kappa shape index (κ3) is 7.83. The number of rotatable bonds is 9. The summed E-state index contributed by atoms with van der Waals surface area (Å²) < 4.78 is 43.1. The van der Waals surface area contributed by atoms with Crippen LogP contribution in [0, 0.1) is 5.92 Å². The molecular formula is C14H22NaO6S2-. The van der Waals surface area contributed by atoms with Gasteiger partial charge >= 0.3 is 29.6 Å². The Hall–Kier alpha value is 0.330. The molecule has 0 saturated carbocycles. The molecular weight excluding hydrogens is 351 g/mol. The van der Waals surface area contributed by atoms with E-state index >= 15 is 0 Å². The molecule has 0 N–H and O–H groups in total. The Balaban J connectivity index is 0.00000264. The van der Waals surface area contributed by atoms with Crippen molar-refractivity contribution in [1.82, 2.24) is 0 Å². The Labute approximate surface area is 167 Å². The molecule has 2 rings (SSSR count). The smallest absolute Gasteiger partial charge is 1.00 e. The molecule has 0 aromatic carbocycles. The fraction of sp³-hybridized carbons (Fsp3) is 0.714.